The van der Waals surface area contributed by atoms with Gasteiger partial charge < -0.3 is 4.74 Å². The molecule has 0 bridgehead atoms. The first-order chi connectivity index (χ1) is 8.61. The summed E-state index contributed by atoms with van der Waals surface area (Å²) in [5.41, 5.74) is 0. The molecule has 0 aromatic heterocycles. The Hall–Kier alpha value is -0.320. The summed E-state index contributed by atoms with van der Waals surface area (Å²) in [6.07, 6.45) is 1.85. The molecule has 0 radical (unpaired) electrons. The zero-order valence-electron chi connectivity index (χ0n) is 11.3. The van der Waals surface area contributed by atoms with Gasteiger partial charge in [0.1, 0.15) is 5.25 Å². The van der Waals surface area contributed by atoms with Gasteiger partial charge in [-0.05, 0) is 31.9 Å². The Kier molecular flexibility index (Phi) is 11.5. The van der Waals surface area contributed by atoms with Gasteiger partial charge in [0.25, 0.3) is 0 Å². The fraction of sp³-hybridized carbons (Fsp3) is 0.923. The van der Waals surface area contributed by atoms with E-state index in [1.54, 1.807) is 18.7 Å². The van der Waals surface area contributed by atoms with Crippen LogP contribution in [0.15, 0.2) is 0 Å². The summed E-state index contributed by atoms with van der Waals surface area (Å²) in [7, 11) is 0. The number of hydrogen-bond donors (Lipinski definition) is 0. The molecule has 1 unspecified atom stereocenters. The van der Waals surface area contributed by atoms with Crippen molar-refractivity contribution in [3.05, 3.63) is 0 Å². The molecular formula is C13H24F2O2S. The summed E-state index contributed by atoms with van der Waals surface area (Å²) in [5.74, 6) is 0.588. The number of hydrogen-bond acceptors (Lipinski definition) is 3. The molecule has 0 rings (SSSR count). The average Bonchev–Trinajstić information content (AvgIpc) is 2.32. The minimum Gasteiger partial charge on any atom is -0.465 e. The van der Waals surface area contributed by atoms with E-state index < -0.39 is 6.43 Å². The number of esters is 1. The maximum Gasteiger partial charge on any atom is 0.319 e. The van der Waals surface area contributed by atoms with Crippen molar-refractivity contribution in [1.82, 2.24) is 0 Å². The van der Waals surface area contributed by atoms with E-state index in [-0.39, 0.29) is 17.6 Å². The standard InChI is InChI=1S/C13H24F2O2S/c1-3-5-8-11(13(16)17-4-2)18-10-7-6-9-12(14)15/h11-12H,3-10H2,1-2H3. The highest BCUT2D eigenvalue weighted by Gasteiger charge is 2.19. The molecule has 0 amide bonds. The van der Waals surface area contributed by atoms with Crippen LogP contribution in [0.25, 0.3) is 0 Å². The molecule has 0 saturated heterocycles. The van der Waals surface area contributed by atoms with E-state index in [1.165, 1.54) is 0 Å². The van der Waals surface area contributed by atoms with Crippen molar-refractivity contribution >= 4 is 17.7 Å². The van der Waals surface area contributed by atoms with E-state index in [4.69, 9.17) is 4.74 Å². The summed E-state index contributed by atoms with van der Waals surface area (Å²) in [6.45, 7) is 4.27. The number of alkyl halides is 2. The van der Waals surface area contributed by atoms with Crippen LogP contribution in [0, 0.1) is 0 Å². The molecule has 2 nitrogen and oxygen atoms in total. The lowest BCUT2D eigenvalue weighted by Gasteiger charge is -2.14. The van der Waals surface area contributed by atoms with Gasteiger partial charge in [-0.15, -0.1) is 11.8 Å². The summed E-state index contributed by atoms with van der Waals surface area (Å²) in [5, 5.41) is -0.128. The second-order valence-corrected chi connectivity index (χ2v) is 5.45. The Balaban J connectivity index is 3.82. The number of halogens is 2. The van der Waals surface area contributed by atoms with Gasteiger partial charge in [0.2, 0.25) is 6.43 Å². The van der Waals surface area contributed by atoms with Crippen LogP contribution in [-0.4, -0.2) is 30.0 Å². The van der Waals surface area contributed by atoms with Crippen molar-refractivity contribution in [2.24, 2.45) is 0 Å². The molecule has 5 heteroatoms. The van der Waals surface area contributed by atoms with Crippen molar-refractivity contribution in [1.29, 1.82) is 0 Å². The number of carbonyl (C=O) groups excluding carboxylic acids is 1. The molecule has 0 fully saturated rings. The average molecular weight is 282 g/mol. The quantitative estimate of drug-likeness (QED) is 0.418. The van der Waals surface area contributed by atoms with Gasteiger partial charge in [-0.25, -0.2) is 8.78 Å². The number of rotatable bonds is 11. The Morgan fingerprint density at radius 1 is 1.17 bits per heavy atom. The van der Waals surface area contributed by atoms with Gasteiger partial charge >= 0.3 is 5.97 Å². The molecule has 0 saturated carbocycles. The topological polar surface area (TPSA) is 26.3 Å². The van der Waals surface area contributed by atoms with Crippen molar-refractivity contribution in [2.45, 2.75) is 64.0 Å². The van der Waals surface area contributed by atoms with Gasteiger partial charge in [0.15, 0.2) is 0 Å². The highest BCUT2D eigenvalue weighted by atomic mass is 32.2. The summed E-state index contributed by atoms with van der Waals surface area (Å²) < 4.78 is 28.9. The first-order valence-corrected chi connectivity index (χ1v) is 7.73. The third-order valence-corrected chi connectivity index (χ3v) is 3.86. The van der Waals surface area contributed by atoms with Crippen molar-refractivity contribution in [3.63, 3.8) is 0 Å². The lowest BCUT2D eigenvalue weighted by atomic mass is 10.2. The predicted molar refractivity (Wildman–Crippen MR) is 72.3 cm³/mol. The molecule has 0 heterocycles. The zero-order chi connectivity index (χ0) is 13.8. The van der Waals surface area contributed by atoms with E-state index in [0.717, 1.165) is 31.4 Å². The summed E-state index contributed by atoms with van der Waals surface area (Å²) in [4.78, 5) is 11.7. The second-order valence-electron chi connectivity index (χ2n) is 4.14. The number of carbonyl (C=O) groups is 1. The minimum absolute atomic E-state index is 0.0421. The highest BCUT2D eigenvalue weighted by Crippen LogP contribution is 2.21. The van der Waals surface area contributed by atoms with Crippen LogP contribution in [0.5, 0.6) is 0 Å². The Morgan fingerprint density at radius 2 is 1.89 bits per heavy atom. The van der Waals surface area contributed by atoms with Crippen LogP contribution in [-0.2, 0) is 9.53 Å². The summed E-state index contributed by atoms with van der Waals surface area (Å²) in [6, 6.07) is 0. The molecule has 108 valence electrons. The molecule has 0 spiro atoms. The SMILES string of the molecule is CCCCC(SCCCCC(F)F)C(=O)OCC. The molecule has 0 aliphatic carbocycles. The molecule has 18 heavy (non-hydrogen) atoms. The highest BCUT2D eigenvalue weighted by molar-refractivity contribution is 8.00. The third-order valence-electron chi connectivity index (χ3n) is 2.51. The molecule has 0 N–H and O–H groups in total. The fourth-order valence-electron chi connectivity index (χ4n) is 1.52. The number of thioether (sulfide) groups is 1. The minimum atomic E-state index is -2.21. The van der Waals surface area contributed by atoms with Crippen molar-refractivity contribution in [3.8, 4) is 0 Å². The van der Waals surface area contributed by atoms with Gasteiger partial charge in [0, 0.05) is 6.42 Å². The number of unbranched alkanes of at least 4 members (excludes halogenated alkanes) is 2. The van der Waals surface area contributed by atoms with E-state index in [2.05, 4.69) is 6.92 Å². The monoisotopic (exact) mass is 282 g/mol. The van der Waals surface area contributed by atoms with E-state index in [0.29, 0.717) is 13.0 Å². The van der Waals surface area contributed by atoms with Crippen molar-refractivity contribution < 1.29 is 18.3 Å². The largest absolute Gasteiger partial charge is 0.465 e. The van der Waals surface area contributed by atoms with Crippen LogP contribution in [0.1, 0.15) is 52.4 Å². The Labute approximate surface area is 113 Å². The van der Waals surface area contributed by atoms with Gasteiger partial charge in [-0.3, -0.25) is 4.79 Å². The molecule has 0 aliphatic heterocycles. The number of ether oxygens (including phenoxy) is 1. The maximum absolute atomic E-state index is 11.9. The summed E-state index contributed by atoms with van der Waals surface area (Å²) >= 11 is 1.54. The zero-order valence-corrected chi connectivity index (χ0v) is 12.1. The molecule has 0 aromatic rings. The Bertz CT molecular complexity index is 213. The van der Waals surface area contributed by atoms with Gasteiger partial charge in [-0.1, -0.05) is 19.8 Å². The first kappa shape index (κ1) is 17.7. The smallest absolute Gasteiger partial charge is 0.319 e. The van der Waals surface area contributed by atoms with E-state index in [1.807, 2.05) is 0 Å². The lowest BCUT2D eigenvalue weighted by Crippen LogP contribution is -2.20. The normalized spacial score (nSPS) is 12.7. The molecule has 1 atom stereocenters. The van der Waals surface area contributed by atoms with Crippen LogP contribution in [0.4, 0.5) is 8.78 Å². The lowest BCUT2D eigenvalue weighted by molar-refractivity contribution is -0.142. The van der Waals surface area contributed by atoms with Crippen LogP contribution < -0.4 is 0 Å². The maximum atomic E-state index is 11.9. The first-order valence-electron chi connectivity index (χ1n) is 6.68. The van der Waals surface area contributed by atoms with Gasteiger partial charge in [0.05, 0.1) is 6.61 Å². The second kappa shape index (κ2) is 11.8. The van der Waals surface area contributed by atoms with E-state index >= 15 is 0 Å². The van der Waals surface area contributed by atoms with Gasteiger partial charge in [-0.2, -0.15) is 0 Å². The predicted octanol–water partition coefficient (Wildman–Crippen LogP) is 4.28. The van der Waals surface area contributed by atoms with E-state index in [9.17, 15) is 13.6 Å². The molecule has 0 aromatic carbocycles. The van der Waals surface area contributed by atoms with Crippen LogP contribution >= 0.6 is 11.8 Å². The third kappa shape index (κ3) is 9.68. The fourth-order valence-corrected chi connectivity index (χ4v) is 2.71. The Morgan fingerprint density at radius 3 is 2.44 bits per heavy atom. The van der Waals surface area contributed by atoms with Crippen LogP contribution in [0.2, 0.25) is 0 Å². The molecular weight excluding hydrogens is 258 g/mol. The molecule has 0 aliphatic rings. The van der Waals surface area contributed by atoms with Crippen LogP contribution in [0.3, 0.4) is 0 Å². The van der Waals surface area contributed by atoms with Crippen molar-refractivity contribution in [2.75, 3.05) is 12.4 Å².